The summed E-state index contributed by atoms with van der Waals surface area (Å²) in [7, 11) is 0. The monoisotopic (exact) mass is 446 g/mol. The van der Waals surface area contributed by atoms with E-state index in [9.17, 15) is 19.4 Å². The first-order valence-corrected chi connectivity index (χ1v) is 11.1. The second-order valence-corrected chi connectivity index (χ2v) is 7.91. The van der Waals surface area contributed by atoms with Crippen molar-refractivity contribution in [3.05, 3.63) is 53.3 Å². The summed E-state index contributed by atoms with van der Waals surface area (Å²) in [6.07, 6.45) is 3.02. The number of aromatic hydroxyl groups is 1. The highest BCUT2D eigenvalue weighted by Gasteiger charge is 2.22. The zero-order valence-electron chi connectivity index (χ0n) is 18.3. The third-order valence-electron chi connectivity index (χ3n) is 5.30. The average molecular weight is 447 g/mol. The number of carbonyl (C=O) groups is 1. The van der Waals surface area contributed by atoms with Crippen molar-refractivity contribution < 1.29 is 28.9 Å². The molecule has 1 aliphatic rings. The SMILES string of the molecule is CCCCCCNC(=O)c1cc(C(O)CNCC2COc3cc(F)ccc3O2)ccc1O. The molecule has 1 aliphatic heterocycles. The molecule has 0 fully saturated rings. The van der Waals surface area contributed by atoms with Crippen LogP contribution in [0.3, 0.4) is 0 Å². The number of benzene rings is 2. The number of phenolic OH excluding ortho intramolecular Hbond substituents is 1. The first kappa shape index (κ1) is 23.8. The number of ether oxygens (including phenoxy) is 2. The third-order valence-corrected chi connectivity index (χ3v) is 5.30. The van der Waals surface area contributed by atoms with E-state index in [0.717, 1.165) is 25.7 Å². The van der Waals surface area contributed by atoms with Crippen molar-refractivity contribution in [2.24, 2.45) is 0 Å². The first-order valence-electron chi connectivity index (χ1n) is 11.1. The van der Waals surface area contributed by atoms with Crippen LogP contribution in [0.25, 0.3) is 0 Å². The van der Waals surface area contributed by atoms with Crippen LogP contribution in [0.2, 0.25) is 0 Å². The first-order chi connectivity index (χ1) is 15.5. The van der Waals surface area contributed by atoms with Gasteiger partial charge in [0.05, 0.1) is 11.7 Å². The number of unbranched alkanes of at least 4 members (excludes halogenated alkanes) is 3. The highest BCUT2D eigenvalue weighted by molar-refractivity contribution is 5.97. The lowest BCUT2D eigenvalue weighted by Crippen LogP contribution is -2.39. The van der Waals surface area contributed by atoms with E-state index in [1.54, 1.807) is 6.07 Å². The molecule has 2 atom stereocenters. The Morgan fingerprint density at radius 3 is 2.84 bits per heavy atom. The second kappa shape index (κ2) is 11.7. The number of carbonyl (C=O) groups excluding carboxylic acids is 1. The van der Waals surface area contributed by atoms with Crippen LogP contribution in [0, 0.1) is 5.82 Å². The summed E-state index contributed by atoms with van der Waals surface area (Å²) in [6.45, 7) is 3.57. The normalized spacial score (nSPS) is 15.9. The lowest BCUT2D eigenvalue weighted by Gasteiger charge is -2.27. The fourth-order valence-corrected chi connectivity index (χ4v) is 3.48. The maximum absolute atomic E-state index is 13.2. The summed E-state index contributed by atoms with van der Waals surface area (Å²) in [4.78, 5) is 12.4. The highest BCUT2D eigenvalue weighted by Crippen LogP contribution is 2.32. The van der Waals surface area contributed by atoms with Crippen LogP contribution in [0.5, 0.6) is 17.2 Å². The topological polar surface area (TPSA) is 100 Å². The summed E-state index contributed by atoms with van der Waals surface area (Å²) in [5.74, 6) is -0.00685. The Morgan fingerprint density at radius 1 is 1.19 bits per heavy atom. The van der Waals surface area contributed by atoms with Crippen LogP contribution in [0.15, 0.2) is 36.4 Å². The van der Waals surface area contributed by atoms with Crippen LogP contribution in [0.4, 0.5) is 4.39 Å². The van der Waals surface area contributed by atoms with Crippen molar-refractivity contribution in [1.82, 2.24) is 10.6 Å². The van der Waals surface area contributed by atoms with Crippen LogP contribution >= 0.6 is 0 Å². The number of hydrogen-bond acceptors (Lipinski definition) is 6. The second-order valence-electron chi connectivity index (χ2n) is 7.91. The summed E-state index contributed by atoms with van der Waals surface area (Å²) in [5.41, 5.74) is 0.665. The van der Waals surface area contributed by atoms with Gasteiger partial charge >= 0.3 is 0 Å². The van der Waals surface area contributed by atoms with Gasteiger partial charge in [-0.25, -0.2) is 4.39 Å². The lowest BCUT2D eigenvalue weighted by molar-refractivity contribution is 0.0853. The van der Waals surface area contributed by atoms with Crippen molar-refractivity contribution in [1.29, 1.82) is 0 Å². The van der Waals surface area contributed by atoms with Gasteiger partial charge in [0.2, 0.25) is 0 Å². The smallest absolute Gasteiger partial charge is 0.255 e. The molecule has 8 heteroatoms. The van der Waals surface area contributed by atoms with E-state index in [-0.39, 0.29) is 42.3 Å². The number of aliphatic hydroxyl groups excluding tert-OH is 1. The molecule has 0 saturated heterocycles. The number of halogens is 1. The fraction of sp³-hybridized carbons (Fsp3) is 0.458. The van der Waals surface area contributed by atoms with E-state index in [0.29, 0.717) is 30.2 Å². The Morgan fingerprint density at radius 2 is 2.03 bits per heavy atom. The Labute approximate surface area is 187 Å². The van der Waals surface area contributed by atoms with Crippen molar-refractivity contribution in [2.75, 3.05) is 26.2 Å². The summed E-state index contributed by atoms with van der Waals surface area (Å²) in [5, 5.41) is 26.5. The fourth-order valence-electron chi connectivity index (χ4n) is 3.48. The molecule has 2 aromatic carbocycles. The van der Waals surface area contributed by atoms with E-state index in [4.69, 9.17) is 9.47 Å². The summed E-state index contributed by atoms with van der Waals surface area (Å²) < 4.78 is 24.5. The molecule has 32 heavy (non-hydrogen) atoms. The molecule has 1 amide bonds. The minimum atomic E-state index is -0.877. The molecule has 4 N–H and O–H groups in total. The quantitative estimate of drug-likeness (QED) is 0.395. The number of aliphatic hydroxyl groups is 1. The summed E-state index contributed by atoms with van der Waals surface area (Å²) >= 11 is 0. The molecule has 0 radical (unpaired) electrons. The Kier molecular flexibility index (Phi) is 8.70. The maximum atomic E-state index is 13.2. The molecule has 1 heterocycles. The molecule has 0 saturated carbocycles. The van der Waals surface area contributed by atoms with E-state index in [1.807, 2.05) is 0 Å². The Bertz CT molecular complexity index is 908. The molecule has 3 rings (SSSR count). The van der Waals surface area contributed by atoms with Gasteiger partial charge in [0.25, 0.3) is 5.91 Å². The molecule has 2 aromatic rings. The predicted octanol–water partition coefficient (Wildman–Crippen LogP) is 3.30. The zero-order valence-corrected chi connectivity index (χ0v) is 18.3. The van der Waals surface area contributed by atoms with Gasteiger partial charge in [0.15, 0.2) is 11.5 Å². The molecular weight excluding hydrogens is 415 g/mol. The standard InChI is InChI=1S/C24H31FN2O5/c1-2-3-4-5-10-27-24(30)19-11-16(6-8-20(19)28)21(29)14-26-13-18-15-31-23-12-17(25)7-9-22(23)32-18/h6-9,11-12,18,21,26,28-29H,2-5,10,13-15H2,1H3,(H,27,30). The van der Waals surface area contributed by atoms with E-state index < -0.39 is 6.10 Å². The Hall–Kier alpha value is -2.84. The molecule has 174 valence electrons. The van der Waals surface area contributed by atoms with Gasteiger partial charge in [0.1, 0.15) is 24.3 Å². The van der Waals surface area contributed by atoms with Gasteiger partial charge in [0, 0.05) is 25.7 Å². The largest absolute Gasteiger partial charge is 0.507 e. The van der Waals surface area contributed by atoms with Crippen molar-refractivity contribution in [3.63, 3.8) is 0 Å². The average Bonchev–Trinajstić information content (AvgIpc) is 2.79. The van der Waals surface area contributed by atoms with Gasteiger partial charge in [-0.3, -0.25) is 4.79 Å². The lowest BCUT2D eigenvalue weighted by atomic mass is 10.0. The van der Waals surface area contributed by atoms with Gasteiger partial charge in [-0.1, -0.05) is 32.3 Å². The minimum Gasteiger partial charge on any atom is -0.507 e. The summed E-state index contributed by atoms with van der Waals surface area (Å²) in [6, 6.07) is 8.63. The molecule has 2 unspecified atom stereocenters. The highest BCUT2D eigenvalue weighted by atomic mass is 19.1. The molecule has 0 spiro atoms. The molecule has 0 aliphatic carbocycles. The number of hydrogen-bond donors (Lipinski definition) is 4. The number of nitrogens with one attached hydrogen (secondary N) is 2. The van der Waals surface area contributed by atoms with Crippen molar-refractivity contribution >= 4 is 5.91 Å². The van der Waals surface area contributed by atoms with E-state index >= 15 is 0 Å². The van der Waals surface area contributed by atoms with Gasteiger partial charge in [-0.05, 0) is 36.2 Å². The van der Waals surface area contributed by atoms with Crippen molar-refractivity contribution in [2.45, 2.75) is 44.8 Å². The number of amides is 1. The van der Waals surface area contributed by atoms with Crippen LogP contribution < -0.4 is 20.1 Å². The van der Waals surface area contributed by atoms with Crippen LogP contribution in [-0.2, 0) is 0 Å². The third kappa shape index (κ3) is 6.58. The minimum absolute atomic E-state index is 0.122. The van der Waals surface area contributed by atoms with Crippen molar-refractivity contribution in [3.8, 4) is 17.2 Å². The maximum Gasteiger partial charge on any atom is 0.255 e. The molecule has 0 bridgehead atoms. The zero-order chi connectivity index (χ0) is 22.9. The van der Waals surface area contributed by atoms with Gasteiger partial charge < -0.3 is 30.3 Å². The number of phenols is 1. The van der Waals surface area contributed by atoms with Crippen LogP contribution in [-0.4, -0.2) is 48.5 Å². The predicted molar refractivity (Wildman–Crippen MR) is 119 cm³/mol. The number of rotatable bonds is 11. The molecule has 0 aromatic heterocycles. The molecule has 7 nitrogen and oxygen atoms in total. The van der Waals surface area contributed by atoms with Crippen LogP contribution in [0.1, 0.15) is 54.6 Å². The van der Waals surface area contributed by atoms with Gasteiger partial charge in [-0.2, -0.15) is 0 Å². The molecular formula is C24H31FN2O5. The Balaban J connectivity index is 1.47. The van der Waals surface area contributed by atoms with Gasteiger partial charge in [-0.15, -0.1) is 0 Å². The van der Waals surface area contributed by atoms with E-state index in [2.05, 4.69) is 17.6 Å². The van der Waals surface area contributed by atoms with E-state index in [1.165, 1.54) is 30.3 Å². The number of fused-ring (bicyclic) bond motifs is 1.